The summed E-state index contributed by atoms with van der Waals surface area (Å²) in [6.45, 7) is 2.87. The van der Waals surface area contributed by atoms with Gasteiger partial charge in [-0.25, -0.2) is 0 Å². The van der Waals surface area contributed by atoms with Crippen LogP contribution < -0.4 is 9.67 Å². The molecule has 5 heteroatoms. The SMILES string of the molecule is CCCCNC(=O)[AsH]c1ccc(CCCC(=O)O)cc1. The molecule has 0 radical (unpaired) electrons. The Hall–Kier alpha value is -1.28. The van der Waals surface area contributed by atoms with Gasteiger partial charge >= 0.3 is 126 Å². The van der Waals surface area contributed by atoms with Gasteiger partial charge in [-0.15, -0.1) is 0 Å². The molecule has 0 aliphatic carbocycles. The summed E-state index contributed by atoms with van der Waals surface area (Å²) in [5.74, 6) is -0.753. The standard InChI is InChI=1S/C15H22AsNO3/c1-2-3-11-17-15(20)16-13-9-7-12(8-10-13)5-4-6-14(18)19/h7-10,16H,2-6,11H2,1H3,(H,17,20)(H,18,19). The van der Waals surface area contributed by atoms with Gasteiger partial charge in [0.2, 0.25) is 0 Å². The summed E-state index contributed by atoms with van der Waals surface area (Å²) in [6.07, 6.45) is 3.75. The van der Waals surface area contributed by atoms with E-state index in [1.54, 1.807) is 0 Å². The van der Waals surface area contributed by atoms with Gasteiger partial charge in [-0.3, -0.25) is 0 Å². The molecule has 1 amide bonds. The van der Waals surface area contributed by atoms with Crippen LogP contribution in [0.4, 0.5) is 4.79 Å². The number of rotatable bonds is 9. The van der Waals surface area contributed by atoms with Crippen LogP contribution in [0.2, 0.25) is 0 Å². The summed E-state index contributed by atoms with van der Waals surface area (Å²) >= 11 is -0.776. The van der Waals surface area contributed by atoms with E-state index in [0.29, 0.717) is 6.42 Å². The van der Waals surface area contributed by atoms with E-state index in [1.165, 1.54) is 0 Å². The minimum absolute atomic E-state index is 0.178. The summed E-state index contributed by atoms with van der Waals surface area (Å²) < 4.78 is 1.29. The van der Waals surface area contributed by atoms with Crippen LogP contribution in [0, 0.1) is 0 Å². The Morgan fingerprint density at radius 1 is 1.20 bits per heavy atom. The van der Waals surface area contributed by atoms with Crippen molar-refractivity contribution in [2.24, 2.45) is 0 Å². The molecule has 1 rings (SSSR count). The summed E-state index contributed by atoms with van der Waals surface area (Å²) in [6, 6.07) is 7.99. The van der Waals surface area contributed by atoms with E-state index in [2.05, 4.69) is 12.2 Å². The first-order chi connectivity index (χ1) is 9.61. The number of aliphatic carboxylic acids is 1. The Bertz CT molecular complexity index is 431. The fourth-order valence-electron chi connectivity index (χ4n) is 1.75. The van der Waals surface area contributed by atoms with Gasteiger partial charge in [0.05, 0.1) is 0 Å². The van der Waals surface area contributed by atoms with E-state index in [1.807, 2.05) is 24.3 Å². The second-order valence-electron chi connectivity index (χ2n) is 4.68. The van der Waals surface area contributed by atoms with Crippen LogP contribution >= 0.6 is 0 Å². The first kappa shape index (κ1) is 16.8. The maximum absolute atomic E-state index is 11.7. The Morgan fingerprint density at radius 3 is 2.50 bits per heavy atom. The van der Waals surface area contributed by atoms with Crippen molar-refractivity contribution in [2.75, 3.05) is 6.54 Å². The number of aryl methyl sites for hydroxylation is 1. The van der Waals surface area contributed by atoms with E-state index >= 15 is 0 Å². The molecule has 0 aromatic heterocycles. The zero-order chi connectivity index (χ0) is 14.8. The van der Waals surface area contributed by atoms with Gasteiger partial charge in [-0.05, 0) is 0 Å². The third kappa shape index (κ3) is 7.34. The quantitative estimate of drug-likeness (QED) is 0.531. The van der Waals surface area contributed by atoms with Crippen molar-refractivity contribution in [3.05, 3.63) is 29.8 Å². The number of benzene rings is 1. The Morgan fingerprint density at radius 2 is 1.90 bits per heavy atom. The van der Waals surface area contributed by atoms with Crippen LogP contribution in [-0.4, -0.2) is 38.1 Å². The fraction of sp³-hybridized carbons (Fsp3) is 0.467. The van der Waals surface area contributed by atoms with Crippen molar-refractivity contribution < 1.29 is 14.7 Å². The van der Waals surface area contributed by atoms with Crippen LogP contribution in [0.5, 0.6) is 0 Å². The molecule has 110 valence electrons. The summed E-state index contributed by atoms with van der Waals surface area (Å²) in [7, 11) is 0. The van der Waals surface area contributed by atoms with Crippen molar-refractivity contribution in [3.8, 4) is 0 Å². The summed E-state index contributed by atoms with van der Waals surface area (Å²) in [4.78, 5) is 22.1. The van der Waals surface area contributed by atoms with Gasteiger partial charge in [0.1, 0.15) is 0 Å². The van der Waals surface area contributed by atoms with Crippen LogP contribution in [0.3, 0.4) is 0 Å². The molecule has 4 nitrogen and oxygen atoms in total. The minimum atomic E-state index is -0.776. The van der Waals surface area contributed by atoms with Crippen LogP contribution in [0.15, 0.2) is 24.3 Å². The van der Waals surface area contributed by atoms with Crippen molar-refractivity contribution in [1.29, 1.82) is 0 Å². The molecular formula is C15H22AsNO3. The zero-order valence-corrected chi connectivity index (χ0v) is 13.9. The second kappa shape index (κ2) is 9.60. The van der Waals surface area contributed by atoms with Gasteiger partial charge in [0.25, 0.3) is 0 Å². The predicted octanol–water partition coefficient (Wildman–Crippen LogP) is 1.67. The number of nitrogens with one attached hydrogen (secondary N) is 1. The van der Waals surface area contributed by atoms with E-state index in [4.69, 9.17) is 5.11 Å². The third-order valence-electron chi connectivity index (χ3n) is 2.88. The molecule has 1 aromatic rings. The van der Waals surface area contributed by atoms with Crippen molar-refractivity contribution in [1.82, 2.24) is 5.32 Å². The van der Waals surface area contributed by atoms with Gasteiger partial charge in [-0.2, -0.15) is 0 Å². The van der Waals surface area contributed by atoms with Crippen LogP contribution in [0.25, 0.3) is 0 Å². The Balaban J connectivity index is 2.34. The van der Waals surface area contributed by atoms with Crippen molar-refractivity contribution >= 4 is 30.8 Å². The van der Waals surface area contributed by atoms with Crippen LogP contribution in [0.1, 0.15) is 38.2 Å². The summed E-state index contributed by atoms with van der Waals surface area (Å²) in [5, 5.41) is 11.5. The van der Waals surface area contributed by atoms with Gasteiger partial charge < -0.3 is 0 Å². The first-order valence-corrected chi connectivity index (χ1v) is 9.07. The number of carbonyl (C=O) groups excluding carboxylic acids is 1. The normalized spacial score (nSPS) is 10.8. The number of carboxylic acid groups (broad SMARTS) is 1. The van der Waals surface area contributed by atoms with E-state index < -0.39 is 21.7 Å². The van der Waals surface area contributed by atoms with Crippen LogP contribution in [-0.2, 0) is 11.2 Å². The molecule has 1 atom stereocenters. The Kier molecular flexibility index (Phi) is 8.05. The average Bonchev–Trinajstić information content (AvgIpc) is 2.41. The Labute approximate surface area is 126 Å². The molecule has 20 heavy (non-hydrogen) atoms. The number of amides is 1. The zero-order valence-electron chi connectivity index (χ0n) is 11.8. The number of unbranched alkanes of at least 4 members (excludes halogenated alkanes) is 1. The molecular weight excluding hydrogens is 317 g/mol. The number of carbonyl (C=O) groups is 2. The molecule has 0 spiro atoms. The maximum atomic E-state index is 11.7. The fourth-order valence-corrected chi connectivity index (χ4v) is 3.45. The molecule has 1 unspecified atom stereocenters. The topological polar surface area (TPSA) is 66.4 Å². The molecule has 0 saturated heterocycles. The van der Waals surface area contributed by atoms with Crippen molar-refractivity contribution in [2.45, 2.75) is 39.0 Å². The monoisotopic (exact) mass is 339 g/mol. The number of hydrogen-bond donors (Lipinski definition) is 2. The van der Waals surface area contributed by atoms with Gasteiger partial charge in [-0.1, -0.05) is 0 Å². The molecule has 0 bridgehead atoms. The molecule has 1 aromatic carbocycles. The van der Waals surface area contributed by atoms with Crippen molar-refractivity contribution in [3.63, 3.8) is 0 Å². The molecule has 0 saturated carbocycles. The molecule has 0 aliphatic rings. The third-order valence-corrected chi connectivity index (χ3v) is 5.04. The van der Waals surface area contributed by atoms with Gasteiger partial charge in [0, 0.05) is 0 Å². The second-order valence-corrected chi connectivity index (χ2v) is 7.37. The summed E-state index contributed by atoms with van der Waals surface area (Å²) in [5.41, 5.74) is 1.13. The number of carboxylic acids is 1. The van der Waals surface area contributed by atoms with E-state index in [0.717, 1.165) is 35.7 Å². The van der Waals surface area contributed by atoms with E-state index in [-0.39, 0.29) is 11.1 Å². The van der Waals surface area contributed by atoms with Gasteiger partial charge in [0.15, 0.2) is 0 Å². The molecule has 0 aliphatic heterocycles. The molecule has 2 N–H and O–H groups in total. The first-order valence-electron chi connectivity index (χ1n) is 6.97. The average molecular weight is 339 g/mol. The molecule has 0 fully saturated rings. The predicted molar refractivity (Wildman–Crippen MR) is 82.1 cm³/mol. The number of hydrogen-bond acceptors (Lipinski definition) is 2. The van der Waals surface area contributed by atoms with E-state index in [9.17, 15) is 9.59 Å². The molecule has 0 heterocycles.